The highest BCUT2D eigenvalue weighted by Gasteiger charge is 2.19. The van der Waals surface area contributed by atoms with Gasteiger partial charge in [0.2, 0.25) is 0 Å². The number of carbonyl (C=O) groups excluding carboxylic acids is 3. The molecule has 0 amide bonds. The van der Waals surface area contributed by atoms with Crippen LogP contribution in [-0.2, 0) is 28.6 Å². The third-order valence-electron chi connectivity index (χ3n) is 11.5. The van der Waals surface area contributed by atoms with Gasteiger partial charge in [-0.2, -0.15) is 0 Å². The second-order valence-electron chi connectivity index (χ2n) is 18.4. The van der Waals surface area contributed by atoms with Crippen LogP contribution in [0.2, 0.25) is 0 Å². The van der Waals surface area contributed by atoms with Gasteiger partial charge in [-0.1, -0.05) is 224 Å². The van der Waals surface area contributed by atoms with E-state index in [1.165, 1.54) is 38.5 Å². The molecule has 0 aliphatic rings. The summed E-state index contributed by atoms with van der Waals surface area (Å²) in [4.78, 5) is 38.2. The molecule has 0 aromatic heterocycles. The zero-order valence-corrected chi connectivity index (χ0v) is 46.6. The SMILES string of the molecule is CC/C=C\C/C=C\C/C=C\C/C=C\C/C=C\CCCCCC(=O)OCC(COC(=O)CCC/C=C\C/C=C\C/C=C\C/C=C\CCCCC)OC(=O)CCCCCCCC/C=C\C/C=C\C/C=C\C/C=C\CC. The van der Waals surface area contributed by atoms with Crippen LogP contribution in [-0.4, -0.2) is 37.2 Å². The molecule has 0 radical (unpaired) electrons. The Labute approximate surface area is 448 Å². The van der Waals surface area contributed by atoms with Gasteiger partial charge in [0.05, 0.1) is 0 Å². The normalized spacial score (nSPS) is 13.3. The number of unbranched alkanes of at least 4 members (excludes halogenated alkanes) is 13. The number of esters is 3. The van der Waals surface area contributed by atoms with Gasteiger partial charge in [0.1, 0.15) is 13.2 Å². The van der Waals surface area contributed by atoms with Gasteiger partial charge in [-0.05, 0) is 141 Å². The maximum atomic E-state index is 12.9. The van der Waals surface area contributed by atoms with Crippen molar-refractivity contribution < 1.29 is 28.6 Å². The van der Waals surface area contributed by atoms with E-state index in [-0.39, 0.29) is 44.0 Å². The second kappa shape index (κ2) is 59.6. The summed E-state index contributed by atoms with van der Waals surface area (Å²) in [5.74, 6) is -1.03. The van der Waals surface area contributed by atoms with Crippen LogP contribution in [0.4, 0.5) is 0 Å². The smallest absolute Gasteiger partial charge is 0.306 e. The lowest BCUT2D eigenvalue weighted by Crippen LogP contribution is -2.30. The number of rotatable bonds is 50. The minimum Gasteiger partial charge on any atom is -0.462 e. The molecule has 0 saturated heterocycles. The molecular weight excluding hydrogens is 901 g/mol. The van der Waals surface area contributed by atoms with Gasteiger partial charge in [-0.15, -0.1) is 0 Å². The van der Waals surface area contributed by atoms with Crippen LogP contribution in [0, 0.1) is 0 Å². The molecule has 0 spiro atoms. The first-order valence-electron chi connectivity index (χ1n) is 29.0. The van der Waals surface area contributed by atoms with Crippen LogP contribution in [0.3, 0.4) is 0 Å². The Hall–Kier alpha value is -4.97. The molecule has 6 heteroatoms. The minimum absolute atomic E-state index is 0.126. The highest BCUT2D eigenvalue weighted by Crippen LogP contribution is 2.12. The number of allylic oxidation sites excluding steroid dienone is 26. The van der Waals surface area contributed by atoms with Crippen LogP contribution in [0.1, 0.15) is 226 Å². The van der Waals surface area contributed by atoms with Crippen molar-refractivity contribution in [2.45, 2.75) is 232 Å². The van der Waals surface area contributed by atoms with Crippen molar-refractivity contribution in [1.29, 1.82) is 0 Å². The van der Waals surface area contributed by atoms with E-state index >= 15 is 0 Å². The Balaban J connectivity index is 4.60. The largest absolute Gasteiger partial charge is 0.462 e. The molecule has 408 valence electrons. The molecule has 0 aromatic carbocycles. The van der Waals surface area contributed by atoms with E-state index < -0.39 is 6.10 Å². The first-order valence-corrected chi connectivity index (χ1v) is 29.0. The summed E-state index contributed by atoms with van der Waals surface area (Å²) in [7, 11) is 0. The minimum atomic E-state index is -0.831. The quantitative estimate of drug-likeness (QED) is 0.0261. The molecule has 1 unspecified atom stereocenters. The summed E-state index contributed by atoms with van der Waals surface area (Å²) >= 11 is 0. The molecule has 0 aromatic rings. The number of hydrogen-bond acceptors (Lipinski definition) is 6. The highest BCUT2D eigenvalue weighted by molar-refractivity contribution is 5.71. The molecule has 6 nitrogen and oxygen atoms in total. The maximum Gasteiger partial charge on any atom is 0.306 e. The second-order valence-corrected chi connectivity index (χ2v) is 18.4. The summed E-state index contributed by atoms with van der Waals surface area (Å²) in [5, 5.41) is 0. The maximum absolute atomic E-state index is 12.9. The molecule has 0 heterocycles. The molecular formula is C67H104O6. The van der Waals surface area contributed by atoms with Gasteiger partial charge in [0.15, 0.2) is 6.10 Å². The Kier molecular flexibility index (Phi) is 55.5. The number of ether oxygens (including phenoxy) is 3. The predicted molar refractivity (Wildman–Crippen MR) is 315 cm³/mol. The van der Waals surface area contributed by atoms with Crippen LogP contribution >= 0.6 is 0 Å². The highest BCUT2D eigenvalue weighted by atomic mass is 16.6. The standard InChI is InChI=1S/C67H104O6/c1-4-7-10-13-16-19-22-25-28-31-33-36-39-42-45-48-51-54-57-60-66(69)72-63-64(62-71-65(68)59-56-53-50-47-44-41-38-35-30-27-24-21-18-15-12-9-6-3)73-67(70)61-58-55-52-49-46-43-40-37-34-32-29-26-23-20-17-14-11-8-5-2/h7-8,10-11,16-21,25-30,33-34,36-38,41-42,45,47,50,64H,4-6,9,12-15,22-24,31-32,35,39-40,43-44,46,48-49,51-63H2,1-3H3/b10-7-,11-8-,19-16-,20-17-,21-18-,28-25-,29-26-,30-27-,36-33-,37-34-,41-38-,45-42-,50-47-. The van der Waals surface area contributed by atoms with E-state index in [0.29, 0.717) is 12.8 Å². The molecule has 73 heavy (non-hydrogen) atoms. The molecule has 0 aliphatic heterocycles. The lowest BCUT2D eigenvalue weighted by molar-refractivity contribution is -0.167. The average Bonchev–Trinajstić information content (AvgIpc) is 3.39. The van der Waals surface area contributed by atoms with Gasteiger partial charge >= 0.3 is 17.9 Å². The summed E-state index contributed by atoms with van der Waals surface area (Å²) in [5.41, 5.74) is 0. The van der Waals surface area contributed by atoms with Crippen LogP contribution in [0.5, 0.6) is 0 Å². The molecule has 1 atom stereocenters. The predicted octanol–water partition coefficient (Wildman–Crippen LogP) is 19.8. The third-order valence-corrected chi connectivity index (χ3v) is 11.5. The Morgan fingerprint density at radius 2 is 0.548 bits per heavy atom. The zero-order chi connectivity index (χ0) is 52.9. The van der Waals surface area contributed by atoms with Gasteiger partial charge in [0.25, 0.3) is 0 Å². The average molecular weight is 1010 g/mol. The fraction of sp³-hybridized carbons (Fsp3) is 0.567. The van der Waals surface area contributed by atoms with Crippen molar-refractivity contribution in [2.75, 3.05) is 13.2 Å². The van der Waals surface area contributed by atoms with Crippen LogP contribution in [0.15, 0.2) is 158 Å². The van der Waals surface area contributed by atoms with E-state index in [1.54, 1.807) is 0 Å². The first-order chi connectivity index (χ1) is 36.0. The molecule has 0 aliphatic carbocycles. The fourth-order valence-electron chi connectivity index (χ4n) is 7.22. The van der Waals surface area contributed by atoms with Crippen molar-refractivity contribution in [2.24, 2.45) is 0 Å². The van der Waals surface area contributed by atoms with Gasteiger partial charge in [-0.25, -0.2) is 0 Å². The van der Waals surface area contributed by atoms with Crippen molar-refractivity contribution in [1.82, 2.24) is 0 Å². The van der Waals surface area contributed by atoms with Gasteiger partial charge in [-0.3, -0.25) is 14.4 Å². The Bertz CT molecular complexity index is 1670. The molecule has 0 saturated carbocycles. The monoisotopic (exact) mass is 1000 g/mol. The van der Waals surface area contributed by atoms with E-state index in [1.807, 2.05) is 0 Å². The number of hydrogen-bond donors (Lipinski definition) is 0. The van der Waals surface area contributed by atoms with E-state index in [4.69, 9.17) is 14.2 Å². The van der Waals surface area contributed by atoms with Crippen molar-refractivity contribution in [3.63, 3.8) is 0 Å². The first kappa shape index (κ1) is 68.0. The van der Waals surface area contributed by atoms with Gasteiger partial charge in [0, 0.05) is 19.3 Å². The Morgan fingerprint density at radius 1 is 0.288 bits per heavy atom. The van der Waals surface area contributed by atoms with Crippen LogP contribution in [0.25, 0.3) is 0 Å². The summed E-state index contributed by atoms with van der Waals surface area (Å²) in [6, 6.07) is 0. The van der Waals surface area contributed by atoms with E-state index in [0.717, 1.165) is 141 Å². The molecule has 0 bridgehead atoms. The van der Waals surface area contributed by atoms with E-state index in [2.05, 4.69) is 179 Å². The van der Waals surface area contributed by atoms with E-state index in [9.17, 15) is 14.4 Å². The third kappa shape index (κ3) is 57.8. The topological polar surface area (TPSA) is 78.9 Å². The Morgan fingerprint density at radius 3 is 0.904 bits per heavy atom. The zero-order valence-electron chi connectivity index (χ0n) is 46.6. The lowest BCUT2D eigenvalue weighted by atomic mass is 10.1. The van der Waals surface area contributed by atoms with Crippen molar-refractivity contribution in [3.05, 3.63) is 158 Å². The molecule has 0 N–H and O–H groups in total. The van der Waals surface area contributed by atoms with Crippen molar-refractivity contribution in [3.8, 4) is 0 Å². The summed E-state index contributed by atoms with van der Waals surface area (Å²) in [6.45, 7) is 6.28. The lowest BCUT2D eigenvalue weighted by Gasteiger charge is -2.18. The van der Waals surface area contributed by atoms with Crippen LogP contribution < -0.4 is 0 Å². The van der Waals surface area contributed by atoms with Gasteiger partial charge < -0.3 is 14.2 Å². The molecule has 0 rings (SSSR count). The fourth-order valence-corrected chi connectivity index (χ4v) is 7.22. The number of carbonyl (C=O) groups is 3. The van der Waals surface area contributed by atoms with Crippen molar-refractivity contribution >= 4 is 17.9 Å². The molecule has 0 fully saturated rings. The summed E-state index contributed by atoms with van der Waals surface area (Å²) in [6.07, 6.45) is 86.6. The summed E-state index contributed by atoms with van der Waals surface area (Å²) < 4.78 is 16.8.